The monoisotopic (exact) mass is 478 g/mol. The average Bonchev–Trinajstić information content (AvgIpc) is 2.76. The number of amides is 1. The Labute approximate surface area is 189 Å². The highest BCUT2D eigenvalue weighted by atomic mass is 35.5. The molecule has 3 rings (SSSR count). The zero-order chi connectivity index (χ0) is 22.6. The van der Waals surface area contributed by atoms with Crippen LogP contribution in [0.4, 0.5) is 15.8 Å². The molecule has 0 spiro atoms. The lowest BCUT2D eigenvalue weighted by Crippen LogP contribution is -2.31. The number of para-hydroxylation sites is 1. The Morgan fingerprint density at radius 2 is 1.71 bits per heavy atom. The number of anilines is 2. The maximum atomic E-state index is 14.1. The number of nitrogens with one attached hydrogen (secondary N) is 1. The van der Waals surface area contributed by atoms with Crippen molar-refractivity contribution in [1.29, 1.82) is 0 Å². The van der Waals surface area contributed by atoms with Gasteiger partial charge in [0.25, 0.3) is 15.9 Å². The molecule has 0 aliphatic rings. The second-order valence-electron chi connectivity index (χ2n) is 6.36. The predicted octanol–water partition coefficient (Wildman–Crippen LogP) is 5.77. The highest BCUT2D eigenvalue weighted by Crippen LogP contribution is 2.30. The molecule has 0 heterocycles. The van der Waals surface area contributed by atoms with Gasteiger partial charge in [0.1, 0.15) is 0 Å². The number of benzene rings is 3. The van der Waals surface area contributed by atoms with Gasteiger partial charge < -0.3 is 5.32 Å². The highest BCUT2D eigenvalue weighted by Gasteiger charge is 2.26. The molecule has 0 aliphatic heterocycles. The summed E-state index contributed by atoms with van der Waals surface area (Å²) in [7, 11) is -4.08. The van der Waals surface area contributed by atoms with E-state index in [1.807, 2.05) is 0 Å². The Hall–Kier alpha value is -2.87. The first-order valence-corrected chi connectivity index (χ1v) is 11.2. The smallest absolute Gasteiger partial charge is 0.264 e. The van der Waals surface area contributed by atoms with E-state index >= 15 is 0 Å². The van der Waals surface area contributed by atoms with Crippen LogP contribution in [-0.4, -0.2) is 20.9 Å². The maximum Gasteiger partial charge on any atom is 0.264 e. The van der Waals surface area contributed by atoms with Crippen LogP contribution in [0.2, 0.25) is 10.0 Å². The number of sulfonamides is 1. The lowest BCUT2D eigenvalue weighted by atomic mass is 10.2. The van der Waals surface area contributed by atoms with Gasteiger partial charge in [-0.1, -0.05) is 53.5 Å². The average molecular weight is 479 g/mol. The van der Waals surface area contributed by atoms with E-state index in [0.717, 1.165) is 4.31 Å². The van der Waals surface area contributed by atoms with Crippen LogP contribution in [0.15, 0.2) is 84.3 Å². The van der Waals surface area contributed by atoms with Crippen LogP contribution in [-0.2, 0) is 10.0 Å². The lowest BCUT2D eigenvalue weighted by Gasteiger charge is -2.24. The van der Waals surface area contributed by atoms with Crippen LogP contribution < -0.4 is 9.62 Å². The van der Waals surface area contributed by atoms with E-state index in [2.05, 4.69) is 11.9 Å². The summed E-state index contributed by atoms with van der Waals surface area (Å²) >= 11 is 11.9. The Morgan fingerprint density at radius 1 is 1.03 bits per heavy atom. The van der Waals surface area contributed by atoms with Gasteiger partial charge in [-0.25, -0.2) is 12.8 Å². The summed E-state index contributed by atoms with van der Waals surface area (Å²) in [5.41, 5.74) is 0.188. The fourth-order valence-corrected chi connectivity index (χ4v) is 4.78. The van der Waals surface area contributed by atoms with E-state index in [-0.39, 0.29) is 38.4 Å². The van der Waals surface area contributed by atoms with Gasteiger partial charge in [-0.2, -0.15) is 0 Å². The molecule has 0 aliphatic carbocycles. The van der Waals surface area contributed by atoms with Crippen LogP contribution in [0.1, 0.15) is 10.4 Å². The SMILES string of the molecule is C=CCN(c1ccccc1Cl)S(=O)(=O)c1cccc(C(=O)Nc2cccc(Cl)c2F)c1. The minimum absolute atomic E-state index is 0.0261. The molecule has 160 valence electrons. The van der Waals surface area contributed by atoms with Crippen molar-refractivity contribution in [2.24, 2.45) is 0 Å². The molecule has 31 heavy (non-hydrogen) atoms. The van der Waals surface area contributed by atoms with E-state index in [9.17, 15) is 17.6 Å². The summed E-state index contributed by atoms with van der Waals surface area (Å²) in [6.07, 6.45) is 1.43. The summed E-state index contributed by atoms with van der Waals surface area (Å²) in [6, 6.07) is 16.1. The first-order chi connectivity index (χ1) is 14.8. The van der Waals surface area contributed by atoms with Crippen molar-refractivity contribution in [3.8, 4) is 0 Å². The van der Waals surface area contributed by atoms with Gasteiger partial charge in [-0.15, -0.1) is 6.58 Å². The summed E-state index contributed by atoms with van der Waals surface area (Å²) < 4.78 is 41.8. The van der Waals surface area contributed by atoms with Crippen molar-refractivity contribution < 1.29 is 17.6 Å². The van der Waals surface area contributed by atoms with Crippen LogP contribution >= 0.6 is 23.2 Å². The zero-order valence-corrected chi connectivity index (χ0v) is 18.4. The van der Waals surface area contributed by atoms with Gasteiger partial charge >= 0.3 is 0 Å². The fourth-order valence-electron chi connectivity index (χ4n) is 2.82. The number of nitrogens with zero attached hydrogens (tertiary/aromatic N) is 1. The van der Waals surface area contributed by atoms with Crippen molar-refractivity contribution in [3.63, 3.8) is 0 Å². The van der Waals surface area contributed by atoms with Crippen molar-refractivity contribution in [3.05, 3.63) is 101 Å². The van der Waals surface area contributed by atoms with Gasteiger partial charge in [0.15, 0.2) is 5.82 Å². The number of hydrogen-bond donors (Lipinski definition) is 1. The second-order valence-corrected chi connectivity index (χ2v) is 9.04. The molecule has 0 unspecified atom stereocenters. The quantitative estimate of drug-likeness (QED) is 0.438. The Bertz CT molecular complexity index is 1250. The third kappa shape index (κ3) is 4.90. The minimum atomic E-state index is -4.08. The first-order valence-electron chi connectivity index (χ1n) is 8.99. The van der Waals surface area contributed by atoms with Crippen molar-refractivity contribution in [1.82, 2.24) is 0 Å². The number of hydrogen-bond acceptors (Lipinski definition) is 3. The van der Waals surface area contributed by atoms with Crippen LogP contribution in [0.3, 0.4) is 0 Å². The first kappa shape index (κ1) is 22.8. The molecule has 9 heteroatoms. The normalized spacial score (nSPS) is 11.1. The number of carbonyl (C=O) groups is 1. The van der Waals surface area contributed by atoms with E-state index in [4.69, 9.17) is 23.2 Å². The third-order valence-corrected chi connectivity index (χ3v) is 6.69. The summed E-state index contributed by atoms with van der Waals surface area (Å²) in [5, 5.41) is 2.50. The molecule has 0 aromatic heterocycles. The van der Waals surface area contributed by atoms with Crippen LogP contribution in [0, 0.1) is 5.82 Å². The summed E-state index contributed by atoms with van der Waals surface area (Å²) in [4.78, 5) is 12.5. The molecular formula is C22H17Cl2FN2O3S. The van der Waals surface area contributed by atoms with Gasteiger partial charge in [0.2, 0.25) is 0 Å². The van der Waals surface area contributed by atoms with E-state index < -0.39 is 21.7 Å². The molecule has 0 saturated carbocycles. The molecule has 1 N–H and O–H groups in total. The maximum absolute atomic E-state index is 14.1. The number of halogens is 3. The summed E-state index contributed by atoms with van der Waals surface area (Å²) in [5.74, 6) is -1.47. The van der Waals surface area contributed by atoms with Crippen LogP contribution in [0.5, 0.6) is 0 Å². The molecule has 0 radical (unpaired) electrons. The van der Waals surface area contributed by atoms with Gasteiger partial charge in [-0.3, -0.25) is 9.10 Å². The van der Waals surface area contributed by atoms with Gasteiger partial charge in [0, 0.05) is 5.56 Å². The minimum Gasteiger partial charge on any atom is -0.319 e. The molecule has 3 aromatic carbocycles. The third-order valence-electron chi connectivity index (χ3n) is 4.30. The van der Waals surface area contributed by atoms with Crippen LogP contribution in [0.25, 0.3) is 0 Å². The summed E-state index contributed by atoms with van der Waals surface area (Å²) in [6.45, 7) is 3.58. The van der Waals surface area contributed by atoms with E-state index in [0.29, 0.717) is 0 Å². The van der Waals surface area contributed by atoms with E-state index in [1.54, 1.807) is 24.3 Å². The van der Waals surface area contributed by atoms with Gasteiger partial charge in [0.05, 0.1) is 32.9 Å². The number of carbonyl (C=O) groups excluding carboxylic acids is 1. The Kier molecular flexibility index (Phi) is 7.00. The van der Waals surface area contributed by atoms with Crippen molar-refractivity contribution in [2.75, 3.05) is 16.2 Å². The second kappa shape index (κ2) is 9.51. The highest BCUT2D eigenvalue weighted by molar-refractivity contribution is 7.92. The Balaban J connectivity index is 1.97. The largest absolute Gasteiger partial charge is 0.319 e. The lowest BCUT2D eigenvalue weighted by molar-refractivity contribution is 0.102. The predicted molar refractivity (Wildman–Crippen MR) is 122 cm³/mol. The zero-order valence-electron chi connectivity index (χ0n) is 16.1. The molecule has 0 bridgehead atoms. The van der Waals surface area contributed by atoms with Crippen molar-refractivity contribution >= 4 is 50.5 Å². The topological polar surface area (TPSA) is 66.5 Å². The van der Waals surface area contributed by atoms with E-state index in [1.165, 1.54) is 48.5 Å². The molecule has 5 nitrogen and oxygen atoms in total. The standard InChI is InChI=1S/C22H17Cl2FN2O3S/c1-2-13-27(20-12-4-3-9-17(20)23)31(29,30)16-8-5-7-15(14-16)22(28)26-19-11-6-10-18(24)21(19)25/h2-12,14H,1,13H2,(H,26,28). The van der Waals surface area contributed by atoms with Gasteiger partial charge in [-0.05, 0) is 42.5 Å². The Morgan fingerprint density at radius 3 is 2.42 bits per heavy atom. The molecule has 1 amide bonds. The number of rotatable bonds is 7. The molecule has 0 saturated heterocycles. The van der Waals surface area contributed by atoms with Crippen molar-refractivity contribution in [2.45, 2.75) is 4.90 Å². The molecule has 0 fully saturated rings. The molecule has 0 atom stereocenters. The molecule has 3 aromatic rings. The fraction of sp³-hybridized carbons (Fsp3) is 0.0455. The molecular weight excluding hydrogens is 462 g/mol.